The average Bonchev–Trinajstić information content (AvgIpc) is 2.76. The predicted molar refractivity (Wildman–Crippen MR) is 70.1 cm³/mol. The lowest BCUT2D eigenvalue weighted by Gasteiger charge is -2.08. The minimum absolute atomic E-state index is 0.257. The Hall–Kier alpha value is -1.75. The van der Waals surface area contributed by atoms with Gasteiger partial charge < -0.3 is 5.73 Å². The molecule has 2 N–H and O–H groups in total. The van der Waals surface area contributed by atoms with Crippen molar-refractivity contribution in [3.05, 3.63) is 46.8 Å². The molecule has 0 amide bonds. The van der Waals surface area contributed by atoms with Crippen molar-refractivity contribution in [2.75, 3.05) is 0 Å². The molecule has 0 saturated heterocycles. The topological polar surface area (TPSA) is 43.8 Å². The van der Waals surface area contributed by atoms with Gasteiger partial charge in [-0.15, -0.1) is 0 Å². The molecule has 0 fully saturated rings. The third-order valence-electron chi connectivity index (χ3n) is 3.18. The highest BCUT2D eigenvalue weighted by Crippen LogP contribution is 2.22. The molecule has 0 aliphatic rings. The second-order valence-electron chi connectivity index (χ2n) is 4.29. The summed E-state index contributed by atoms with van der Waals surface area (Å²) < 4.78 is 28.4. The maximum atomic E-state index is 13.9. The van der Waals surface area contributed by atoms with Gasteiger partial charge in [0.15, 0.2) is 5.82 Å². The Bertz CT molecular complexity index is 591. The van der Waals surface area contributed by atoms with Gasteiger partial charge in [-0.1, -0.05) is 13.8 Å². The number of nitrogens with two attached hydrogens (primary N) is 1. The molecule has 0 atom stereocenters. The summed E-state index contributed by atoms with van der Waals surface area (Å²) in [5.74, 6) is -1.22. The summed E-state index contributed by atoms with van der Waals surface area (Å²) in [7, 11) is 0. The van der Waals surface area contributed by atoms with E-state index in [1.165, 1.54) is 16.8 Å². The van der Waals surface area contributed by atoms with Gasteiger partial charge in [-0.25, -0.2) is 13.5 Å². The molecule has 2 aromatic rings. The number of nitrogens with zero attached hydrogens (tertiary/aromatic N) is 2. The molecule has 0 aliphatic carbocycles. The lowest BCUT2D eigenvalue weighted by Crippen LogP contribution is -2.07. The lowest BCUT2D eigenvalue weighted by atomic mass is 10.1. The first-order valence-corrected chi connectivity index (χ1v) is 6.37. The van der Waals surface area contributed by atoms with Crippen LogP contribution in [0.2, 0.25) is 0 Å². The number of benzene rings is 1. The van der Waals surface area contributed by atoms with Gasteiger partial charge in [0.25, 0.3) is 0 Å². The highest BCUT2D eigenvalue weighted by Gasteiger charge is 2.17. The van der Waals surface area contributed by atoms with Crippen molar-refractivity contribution in [3.8, 4) is 5.69 Å². The van der Waals surface area contributed by atoms with Crippen molar-refractivity contribution in [3.63, 3.8) is 0 Å². The average molecular weight is 265 g/mol. The third kappa shape index (κ3) is 2.38. The van der Waals surface area contributed by atoms with E-state index in [0.717, 1.165) is 29.4 Å². The molecule has 19 heavy (non-hydrogen) atoms. The van der Waals surface area contributed by atoms with E-state index in [0.29, 0.717) is 13.0 Å². The molecule has 5 heteroatoms. The molecule has 0 radical (unpaired) electrons. The van der Waals surface area contributed by atoms with Gasteiger partial charge in [-0.05, 0) is 25.0 Å². The van der Waals surface area contributed by atoms with E-state index in [9.17, 15) is 8.78 Å². The molecule has 0 aliphatic heterocycles. The maximum Gasteiger partial charge on any atom is 0.151 e. The molecule has 1 aromatic carbocycles. The summed E-state index contributed by atoms with van der Waals surface area (Å²) in [6, 6.07) is 3.49. The fourth-order valence-corrected chi connectivity index (χ4v) is 2.27. The quantitative estimate of drug-likeness (QED) is 0.923. The van der Waals surface area contributed by atoms with Gasteiger partial charge in [-0.3, -0.25) is 0 Å². The zero-order valence-corrected chi connectivity index (χ0v) is 11.1. The van der Waals surface area contributed by atoms with Crippen LogP contribution in [0.4, 0.5) is 8.78 Å². The van der Waals surface area contributed by atoms with E-state index < -0.39 is 11.6 Å². The van der Waals surface area contributed by atoms with E-state index in [4.69, 9.17) is 5.73 Å². The van der Waals surface area contributed by atoms with Crippen LogP contribution < -0.4 is 5.73 Å². The molecule has 0 bridgehead atoms. The summed E-state index contributed by atoms with van der Waals surface area (Å²) in [6.07, 6.45) is 1.42. The number of rotatable bonds is 4. The standard InChI is InChI=1S/C14H17F2N3/c1-3-12-10(8-17)13(4-2)19(18-12)14-6-5-9(15)7-11(14)16/h5-7H,3-4,8,17H2,1-2H3. The summed E-state index contributed by atoms with van der Waals surface area (Å²) in [6.45, 7) is 4.31. The number of hydrogen-bond acceptors (Lipinski definition) is 2. The Morgan fingerprint density at radius 1 is 1.21 bits per heavy atom. The monoisotopic (exact) mass is 265 g/mol. The van der Waals surface area contributed by atoms with Crippen molar-refractivity contribution < 1.29 is 8.78 Å². The van der Waals surface area contributed by atoms with Crippen molar-refractivity contribution in [2.45, 2.75) is 33.2 Å². The molecule has 0 unspecified atom stereocenters. The zero-order valence-electron chi connectivity index (χ0n) is 11.1. The smallest absolute Gasteiger partial charge is 0.151 e. The largest absolute Gasteiger partial charge is 0.326 e. The Balaban J connectivity index is 2.64. The summed E-state index contributed by atoms with van der Waals surface area (Å²) in [5.41, 5.74) is 8.70. The van der Waals surface area contributed by atoms with Gasteiger partial charge in [0.2, 0.25) is 0 Å². The predicted octanol–water partition coefficient (Wildman–Crippen LogP) is 2.73. The highest BCUT2D eigenvalue weighted by atomic mass is 19.1. The number of halogens is 2. The van der Waals surface area contributed by atoms with Crippen LogP contribution in [0.1, 0.15) is 30.8 Å². The Morgan fingerprint density at radius 3 is 2.47 bits per heavy atom. The van der Waals surface area contributed by atoms with Crippen LogP contribution in [-0.4, -0.2) is 9.78 Å². The summed E-state index contributed by atoms with van der Waals surface area (Å²) in [4.78, 5) is 0. The van der Waals surface area contributed by atoms with Crippen LogP contribution in [0.15, 0.2) is 18.2 Å². The molecule has 3 nitrogen and oxygen atoms in total. The minimum Gasteiger partial charge on any atom is -0.326 e. The van der Waals surface area contributed by atoms with E-state index in [1.54, 1.807) is 0 Å². The molecule has 102 valence electrons. The first kappa shape index (κ1) is 13.7. The molecule has 0 saturated carbocycles. The first-order valence-electron chi connectivity index (χ1n) is 6.37. The molecule has 1 aromatic heterocycles. The lowest BCUT2D eigenvalue weighted by molar-refractivity contribution is 0.571. The van der Waals surface area contributed by atoms with Crippen molar-refractivity contribution >= 4 is 0 Å². The SMILES string of the molecule is CCc1nn(-c2ccc(F)cc2F)c(CC)c1CN. The van der Waals surface area contributed by atoms with Crippen LogP contribution in [-0.2, 0) is 19.4 Å². The number of aromatic nitrogens is 2. The molecule has 1 heterocycles. The van der Waals surface area contributed by atoms with Crippen LogP contribution in [0.5, 0.6) is 0 Å². The summed E-state index contributed by atoms with van der Waals surface area (Å²) in [5, 5.41) is 4.41. The Kier molecular flexibility index (Phi) is 3.95. The Labute approximate surface area is 111 Å². The summed E-state index contributed by atoms with van der Waals surface area (Å²) >= 11 is 0. The molecule has 2 rings (SSSR count). The highest BCUT2D eigenvalue weighted by molar-refractivity contribution is 5.39. The number of hydrogen-bond donors (Lipinski definition) is 1. The first-order chi connectivity index (χ1) is 9.12. The van der Waals surface area contributed by atoms with E-state index >= 15 is 0 Å². The second-order valence-corrected chi connectivity index (χ2v) is 4.29. The van der Waals surface area contributed by atoms with Gasteiger partial charge in [0, 0.05) is 23.9 Å². The maximum absolute atomic E-state index is 13.9. The van der Waals surface area contributed by atoms with Gasteiger partial charge in [0.05, 0.1) is 5.69 Å². The molecular weight excluding hydrogens is 248 g/mol. The minimum atomic E-state index is -0.622. The second kappa shape index (κ2) is 5.48. The van der Waals surface area contributed by atoms with Crippen molar-refractivity contribution in [2.24, 2.45) is 5.73 Å². The normalized spacial score (nSPS) is 11.0. The fraction of sp³-hybridized carbons (Fsp3) is 0.357. The van der Waals surface area contributed by atoms with E-state index in [-0.39, 0.29) is 5.69 Å². The van der Waals surface area contributed by atoms with Crippen LogP contribution in [0.25, 0.3) is 5.69 Å². The van der Waals surface area contributed by atoms with Gasteiger partial charge in [-0.2, -0.15) is 5.10 Å². The van der Waals surface area contributed by atoms with Crippen molar-refractivity contribution in [1.82, 2.24) is 9.78 Å². The van der Waals surface area contributed by atoms with Crippen LogP contribution >= 0.6 is 0 Å². The van der Waals surface area contributed by atoms with E-state index in [2.05, 4.69) is 5.10 Å². The third-order valence-corrected chi connectivity index (χ3v) is 3.18. The Morgan fingerprint density at radius 2 is 1.95 bits per heavy atom. The van der Waals surface area contributed by atoms with Gasteiger partial charge in [0.1, 0.15) is 11.5 Å². The molecular formula is C14H17F2N3. The fourth-order valence-electron chi connectivity index (χ4n) is 2.27. The van der Waals surface area contributed by atoms with E-state index in [1.807, 2.05) is 13.8 Å². The van der Waals surface area contributed by atoms with Crippen molar-refractivity contribution in [1.29, 1.82) is 0 Å². The zero-order chi connectivity index (χ0) is 14.0. The van der Waals surface area contributed by atoms with Gasteiger partial charge >= 0.3 is 0 Å². The number of aryl methyl sites for hydroxylation is 1. The van der Waals surface area contributed by atoms with Crippen LogP contribution in [0.3, 0.4) is 0 Å². The molecule has 0 spiro atoms. The van der Waals surface area contributed by atoms with Crippen LogP contribution in [0, 0.1) is 11.6 Å².